The Morgan fingerprint density at radius 3 is 2.76 bits per heavy atom. The number of nitro benzene ring substituents is 1. The average Bonchev–Trinajstić information content (AvgIpc) is 2.53. The van der Waals surface area contributed by atoms with Gasteiger partial charge in [0.2, 0.25) is 0 Å². The number of aliphatic hydroxyl groups is 1. The van der Waals surface area contributed by atoms with Crippen LogP contribution >= 0.6 is 0 Å². The fourth-order valence-corrected chi connectivity index (χ4v) is 2.44. The molecule has 2 N–H and O–H groups in total. The van der Waals surface area contributed by atoms with Gasteiger partial charge >= 0.3 is 0 Å². The number of methoxy groups -OCH3 is 1. The molecule has 0 aliphatic carbocycles. The molecule has 1 heterocycles. The highest BCUT2D eigenvalue weighted by Crippen LogP contribution is 2.29. The van der Waals surface area contributed by atoms with Crippen LogP contribution in [-0.2, 0) is 16.1 Å². The highest BCUT2D eigenvalue weighted by atomic mass is 16.6. The Bertz CT molecular complexity index is 500. The van der Waals surface area contributed by atoms with E-state index in [0.29, 0.717) is 31.0 Å². The van der Waals surface area contributed by atoms with Crippen molar-refractivity contribution in [1.29, 1.82) is 0 Å². The van der Waals surface area contributed by atoms with Crippen molar-refractivity contribution in [1.82, 2.24) is 0 Å². The first-order chi connectivity index (χ1) is 10.1. The standard InChI is InChI=1S/C14H20N2O5/c1-20-14(4-6-21-7-5-14)10-15-12-8-11(9-17)2-3-13(12)16(18)19/h2-3,8,15,17H,4-7,9-10H2,1H3. The minimum Gasteiger partial charge on any atom is -0.392 e. The largest absolute Gasteiger partial charge is 0.392 e. The molecular weight excluding hydrogens is 276 g/mol. The first-order valence-corrected chi connectivity index (χ1v) is 6.85. The van der Waals surface area contributed by atoms with Crippen molar-refractivity contribution in [2.24, 2.45) is 0 Å². The predicted molar refractivity (Wildman–Crippen MR) is 77.3 cm³/mol. The molecule has 1 aliphatic rings. The van der Waals surface area contributed by atoms with Crippen molar-refractivity contribution >= 4 is 11.4 Å². The molecule has 1 aromatic carbocycles. The van der Waals surface area contributed by atoms with Gasteiger partial charge in [0.1, 0.15) is 5.69 Å². The van der Waals surface area contributed by atoms with Gasteiger partial charge < -0.3 is 19.9 Å². The van der Waals surface area contributed by atoms with Crippen molar-refractivity contribution in [3.05, 3.63) is 33.9 Å². The number of hydrogen-bond acceptors (Lipinski definition) is 6. The third kappa shape index (κ3) is 3.69. The van der Waals surface area contributed by atoms with Gasteiger partial charge in [-0.1, -0.05) is 0 Å². The Hall–Kier alpha value is -1.70. The van der Waals surface area contributed by atoms with E-state index in [1.165, 1.54) is 6.07 Å². The Labute approximate surface area is 123 Å². The molecule has 21 heavy (non-hydrogen) atoms. The van der Waals surface area contributed by atoms with E-state index < -0.39 is 4.92 Å². The van der Waals surface area contributed by atoms with Crippen LogP contribution in [0.25, 0.3) is 0 Å². The first kappa shape index (κ1) is 15.7. The number of aliphatic hydroxyl groups excluding tert-OH is 1. The quantitative estimate of drug-likeness (QED) is 0.613. The number of hydrogen-bond donors (Lipinski definition) is 2. The number of nitrogens with zero attached hydrogens (tertiary/aromatic N) is 1. The smallest absolute Gasteiger partial charge is 0.292 e. The maximum atomic E-state index is 11.1. The summed E-state index contributed by atoms with van der Waals surface area (Å²) in [6.07, 6.45) is 1.48. The highest BCUT2D eigenvalue weighted by molar-refractivity contribution is 5.62. The molecule has 0 unspecified atom stereocenters. The van der Waals surface area contributed by atoms with Gasteiger partial charge in [0.05, 0.1) is 17.1 Å². The maximum absolute atomic E-state index is 11.1. The normalized spacial score (nSPS) is 17.4. The van der Waals surface area contributed by atoms with Crippen LogP contribution in [0.1, 0.15) is 18.4 Å². The zero-order valence-corrected chi connectivity index (χ0v) is 12.0. The van der Waals surface area contributed by atoms with E-state index in [1.54, 1.807) is 19.2 Å². The Balaban J connectivity index is 2.15. The SMILES string of the molecule is COC1(CNc2cc(CO)ccc2[N+](=O)[O-])CCOCC1. The van der Waals surface area contributed by atoms with E-state index in [4.69, 9.17) is 14.6 Å². The van der Waals surface area contributed by atoms with Gasteiger partial charge in [0.15, 0.2) is 0 Å². The molecule has 0 spiro atoms. The highest BCUT2D eigenvalue weighted by Gasteiger charge is 2.32. The lowest BCUT2D eigenvalue weighted by molar-refractivity contribution is -0.384. The van der Waals surface area contributed by atoms with Crippen molar-refractivity contribution in [3.8, 4) is 0 Å². The third-order valence-electron chi connectivity index (χ3n) is 3.88. The number of anilines is 1. The molecule has 0 atom stereocenters. The van der Waals surface area contributed by atoms with E-state index in [-0.39, 0.29) is 17.9 Å². The summed E-state index contributed by atoms with van der Waals surface area (Å²) in [7, 11) is 1.64. The van der Waals surface area contributed by atoms with Gasteiger partial charge in [-0.2, -0.15) is 0 Å². The van der Waals surface area contributed by atoms with Crippen LogP contribution in [0.15, 0.2) is 18.2 Å². The van der Waals surface area contributed by atoms with Gasteiger partial charge in [-0.15, -0.1) is 0 Å². The van der Waals surface area contributed by atoms with Crippen molar-refractivity contribution in [2.75, 3.05) is 32.2 Å². The molecular formula is C14H20N2O5. The van der Waals surface area contributed by atoms with Crippen molar-refractivity contribution in [3.63, 3.8) is 0 Å². The number of nitrogens with one attached hydrogen (secondary N) is 1. The van der Waals surface area contributed by atoms with E-state index in [2.05, 4.69) is 5.32 Å². The fourth-order valence-electron chi connectivity index (χ4n) is 2.44. The number of nitro groups is 1. The molecule has 2 rings (SSSR count). The second-order valence-electron chi connectivity index (χ2n) is 5.12. The summed E-state index contributed by atoms with van der Waals surface area (Å²) in [4.78, 5) is 10.6. The van der Waals surface area contributed by atoms with E-state index >= 15 is 0 Å². The van der Waals surface area contributed by atoms with Gasteiger partial charge in [0.25, 0.3) is 5.69 Å². The fraction of sp³-hybridized carbons (Fsp3) is 0.571. The third-order valence-corrected chi connectivity index (χ3v) is 3.88. The zero-order valence-electron chi connectivity index (χ0n) is 12.0. The number of rotatable bonds is 6. The monoisotopic (exact) mass is 296 g/mol. The summed E-state index contributed by atoms with van der Waals surface area (Å²) in [5.41, 5.74) is 0.642. The molecule has 1 aromatic rings. The van der Waals surface area contributed by atoms with Crippen LogP contribution in [0.5, 0.6) is 0 Å². The van der Waals surface area contributed by atoms with Gasteiger partial charge in [-0.05, 0) is 17.7 Å². The van der Waals surface area contributed by atoms with Gasteiger partial charge in [0, 0.05) is 45.8 Å². The first-order valence-electron chi connectivity index (χ1n) is 6.85. The number of ether oxygens (including phenoxy) is 2. The summed E-state index contributed by atoms with van der Waals surface area (Å²) in [5, 5.41) is 23.3. The second-order valence-corrected chi connectivity index (χ2v) is 5.12. The predicted octanol–water partition coefficient (Wildman–Crippen LogP) is 1.69. The lowest BCUT2D eigenvalue weighted by Gasteiger charge is -2.36. The summed E-state index contributed by atoms with van der Waals surface area (Å²) in [6, 6.07) is 4.54. The zero-order chi connectivity index (χ0) is 15.3. The van der Waals surface area contributed by atoms with E-state index in [0.717, 1.165) is 12.8 Å². The summed E-state index contributed by atoms with van der Waals surface area (Å²) in [6.45, 7) is 1.54. The lowest BCUT2D eigenvalue weighted by Crippen LogP contribution is -2.44. The minimum absolute atomic E-state index is 0.00878. The minimum atomic E-state index is -0.438. The molecule has 7 heteroatoms. The van der Waals surface area contributed by atoms with Gasteiger partial charge in [-0.25, -0.2) is 0 Å². The van der Waals surface area contributed by atoms with Crippen LogP contribution < -0.4 is 5.32 Å². The van der Waals surface area contributed by atoms with Crippen LogP contribution in [0, 0.1) is 10.1 Å². The Morgan fingerprint density at radius 2 is 2.19 bits per heavy atom. The molecule has 0 aromatic heterocycles. The van der Waals surface area contributed by atoms with Crippen LogP contribution in [0.2, 0.25) is 0 Å². The molecule has 0 amide bonds. The van der Waals surface area contributed by atoms with Crippen LogP contribution in [0.3, 0.4) is 0 Å². The number of benzene rings is 1. The Morgan fingerprint density at radius 1 is 1.48 bits per heavy atom. The van der Waals surface area contributed by atoms with E-state index in [1.807, 2.05) is 0 Å². The maximum Gasteiger partial charge on any atom is 0.292 e. The molecule has 0 radical (unpaired) electrons. The van der Waals surface area contributed by atoms with E-state index in [9.17, 15) is 10.1 Å². The van der Waals surface area contributed by atoms with Crippen molar-refractivity contribution < 1.29 is 19.5 Å². The Kier molecular flexibility index (Phi) is 5.11. The van der Waals surface area contributed by atoms with Gasteiger partial charge in [-0.3, -0.25) is 10.1 Å². The average molecular weight is 296 g/mol. The lowest BCUT2D eigenvalue weighted by atomic mass is 9.94. The van der Waals surface area contributed by atoms with Crippen LogP contribution in [-0.4, -0.2) is 42.5 Å². The molecule has 116 valence electrons. The molecule has 7 nitrogen and oxygen atoms in total. The summed E-state index contributed by atoms with van der Waals surface area (Å²) in [5.74, 6) is 0. The molecule has 1 aliphatic heterocycles. The molecule has 0 saturated carbocycles. The topological polar surface area (TPSA) is 93.9 Å². The summed E-state index contributed by atoms with van der Waals surface area (Å²) < 4.78 is 10.9. The second kappa shape index (κ2) is 6.84. The van der Waals surface area contributed by atoms with Crippen LogP contribution in [0.4, 0.5) is 11.4 Å². The molecule has 1 fully saturated rings. The molecule has 1 saturated heterocycles. The summed E-state index contributed by atoms with van der Waals surface area (Å²) >= 11 is 0. The van der Waals surface area contributed by atoms with Crippen molar-refractivity contribution in [2.45, 2.75) is 25.0 Å². The molecule has 0 bridgehead atoms.